The number of piperidine rings is 1. The molecule has 0 radical (unpaired) electrons. The van der Waals surface area contributed by atoms with Gasteiger partial charge in [0.25, 0.3) is 0 Å². The Hall–Kier alpha value is -3.64. The van der Waals surface area contributed by atoms with E-state index in [0.29, 0.717) is 24.6 Å². The number of hydrogen-bond acceptors (Lipinski definition) is 5. The van der Waals surface area contributed by atoms with Crippen molar-refractivity contribution in [2.75, 3.05) is 32.7 Å². The smallest absolute Gasteiger partial charge is 0.216 e. The molecule has 0 saturated carbocycles. The van der Waals surface area contributed by atoms with E-state index in [4.69, 9.17) is 4.99 Å². The number of amides is 1. The van der Waals surface area contributed by atoms with E-state index >= 15 is 0 Å². The zero-order chi connectivity index (χ0) is 27.3. The predicted octanol–water partition coefficient (Wildman–Crippen LogP) is 4.94. The molecule has 0 aromatic heterocycles. The third-order valence-electron chi connectivity index (χ3n) is 6.71. The third kappa shape index (κ3) is 10.4. The molecule has 1 heterocycles. The molecule has 0 spiro atoms. The second-order valence-corrected chi connectivity index (χ2v) is 10.2. The number of rotatable bonds is 13. The van der Waals surface area contributed by atoms with E-state index in [2.05, 4.69) is 65.2 Å². The maximum Gasteiger partial charge on any atom is 0.216 e. The molecule has 38 heavy (non-hydrogen) atoms. The first kappa shape index (κ1) is 28.9. The lowest BCUT2D eigenvalue weighted by molar-refractivity contribution is -0.118. The zero-order valence-corrected chi connectivity index (χ0v) is 23.2. The highest BCUT2D eigenvalue weighted by Crippen LogP contribution is 2.22. The molecule has 0 atom stereocenters. The van der Waals surface area contributed by atoms with Crippen molar-refractivity contribution in [2.24, 2.45) is 10.9 Å². The Kier molecular flexibility index (Phi) is 11.4. The number of carbonyl (C=O) groups excluding carboxylic acids is 1. The van der Waals surface area contributed by atoms with Crippen LogP contribution in [0, 0.1) is 12.8 Å². The molecule has 1 saturated heterocycles. The number of aryl methyl sites for hydroxylation is 1. The molecule has 3 N–H and O–H groups in total. The Morgan fingerprint density at radius 1 is 1.00 bits per heavy atom. The highest BCUT2D eigenvalue weighted by Gasteiger charge is 2.20. The minimum Gasteiger partial charge on any atom is -0.384 e. The standard InChI is InChI=1S/C32H43N5O/c1-24-11-13-29(14-12-24)22-30-15-19-37(20-16-30)23-26(3)35-32(21-25(2)33-17-18-34-28(5)38)36-27(4)31-9-7-6-8-10-31/h6-14,21,30,33,35H,2-3,15-20,22-23H2,1,4-5H3,(H,34,38)/b32-21-,36-27+. The van der Waals surface area contributed by atoms with Crippen molar-refractivity contribution >= 4 is 11.6 Å². The number of benzene rings is 2. The third-order valence-corrected chi connectivity index (χ3v) is 6.71. The molecule has 0 aliphatic carbocycles. The van der Waals surface area contributed by atoms with Gasteiger partial charge in [0.2, 0.25) is 5.91 Å². The molecule has 3 rings (SSSR count). The number of hydrogen-bond donors (Lipinski definition) is 3. The average Bonchev–Trinajstić information content (AvgIpc) is 2.89. The Labute approximate surface area is 228 Å². The predicted molar refractivity (Wildman–Crippen MR) is 159 cm³/mol. The number of nitrogens with one attached hydrogen (secondary N) is 3. The molecular weight excluding hydrogens is 470 g/mol. The van der Waals surface area contributed by atoms with Gasteiger partial charge < -0.3 is 16.0 Å². The molecule has 1 amide bonds. The SMILES string of the molecule is C=C(/C=C(\N=C(/C)c1ccccc1)NC(=C)CN1CCC(Cc2ccc(C)cc2)CC1)NCCNC(C)=O. The molecule has 1 aliphatic rings. The maximum atomic E-state index is 11.1. The van der Waals surface area contributed by atoms with Crippen molar-refractivity contribution in [3.8, 4) is 0 Å². The van der Waals surface area contributed by atoms with Crippen LogP contribution in [0.5, 0.6) is 0 Å². The van der Waals surface area contributed by atoms with Gasteiger partial charge in [0.1, 0.15) is 5.82 Å². The summed E-state index contributed by atoms with van der Waals surface area (Å²) in [5.41, 5.74) is 6.34. The van der Waals surface area contributed by atoms with Crippen molar-refractivity contribution in [1.82, 2.24) is 20.9 Å². The Morgan fingerprint density at radius 2 is 1.66 bits per heavy atom. The van der Waals surface area contributed by atoms with Gasteiger partial charge in [-0.05, 0) is 63.2 Å². The second kappa shape index (κ2) is 14.9. The summed E-state index contributed by atoms with van der Waals surface area (Å²) in [6.07, 6.45) is 5.44. The van der Waals surface area contributed by atoms with Crippen LogP contribution in [0.2, 0.25) is 0 Å². The molecule has 6 heteroatoms. The lowest BCUT2D eigenvalue weighted by Gasteiger charge is -2.32. The summed E-state index contributed by atoms with van der Waals surface area (Å²) < 4.78 is 0. The van der Waals surface area contributed by atoms with E-state index in [1.165, 1.54) is 30.9 Å². The Balaban J connectivity index is 1.56. The summed E-state index contributed by atoms with van der Waals surface area (Å²) in [4.78, 5) is 18.4. The van der Waals surface area contributed by atoms with Crippen LogP contribution >= 0.6 is 0 Å². The van der Waals surface area contributed by atoms with E-state index in [1.807, 2.05) is 43.3 Å². The number of aliphatic imine (C=N–C) groups is 1. The molecular formula is C32H43N5O. The van der Waals surface area contributed by atoms with Crippen LogP contribution in [0.4, 0.5) is 0 Å². The molecule has 2 aromatic carbocycles. The van der Waals surface area contributed by atoms with E-state index in [9.17, 15) is 4.79 Å². The van der Waals surface area contributed by atoms with Crippen LogP contribution < -0.4 is 16.0 Å². The number of likely N-dealkylation sites (tertiary alicyclic amines) is 1. The van der Waals surface area contributed by atoms with Gasteiger partial charge in [0.15, 0.2) is 0 Å². The molecule has 2 aromatic rings. The minimum atomic E-state index is -0.0473. The summed E-state index contributed by atoms with van der Waals surface area (Å²) in [6.45, 7) is 18.1. The first-order valence-corrected chi connectivity index (χ1v) is 13.5. The van der Waals surface area contributed by atoms with Gasteiger partial charge in [-0.15, -0.1) is 0 Å². The Bertz CT molecular complexity index is 1130. The molecule has 6 nitrogen and oxygen atoms in total. The van der Waals surface area contributed by atoms with Crippen molar-refractivity contribution < 1.29 is 4.79 Å². The van der Waals surface area contributed by atoms with Crippen LogP contribution in [0.25, 0.3) is 0 Å². The molecule has 202 valence electrons. The summed E-state index contributed by atoms with van der Waals surface area (Å²) in [7, 11) is 0. The molecule has 1 aliphatic heterocycles. The lowest BCUT2D eigenvalue weighted by Crippen LogP contribution is -2.37. The van der Waals surface area contributed by atoms with Crippen LogP contribution in [-0.4, -0.2) is 49.2 Å². The minimum absolute atomic E-state index is 0.0473. The molecule has 0 bridgehead atoms. The monoisotopic (exact) mass is 513 g/mol. The summed E-state index contributed by atoms with van der Waals surface area (Å²) >= 11 is 0. The van der Waals surface area contributed by atoms with Gasteiger partial charge in [-0.2, -0.15) is 0 Å². The van der Waals surface area contributed by atoms with Crippen molar-refractivity contribution in [2.45, 2.75) is 40.0 Å². The largest absolute Gasteiger partial charge is 0.384 e. The maximum absolute atomic E-state index is 11.1. The van der Waals surface area contributed by atoms with Gasteiger partial charge in [0.05, 0.1) is 0 Å². The van der Waals surface area contributed by atoms with E-state index in [0.717, 1.165) is 48.9 Å². The van der Waals surface area contributed by atoms with Crippen molar-refractivity contribution in [3.63, 3.8) is 0 Å². The topological polar surface area (TPSA) is 68.8 Å². The summed E-state index contributed by atoms with van der Waals surface area (Å²) in [6, 6.07) is 19.1. The van der Waals surface area contributed by atoms with Gasteiger partial charge in [-0.25, -0.2) is 4.99 Å². The average molecular weight is 514 g/mol. The first-order chi connectivity index (χ1) is 18.3. The highest BCUT2D eigenvalue weighted by atomic mass is 16.1. The van der Waals surface area contributed by atoms with E-state index in [-0.39, 0.29) is 5.91 Å². The number of carbonyl (C=O) groups is 1. The van der Waals surface area contributed by atoms with Crippen LogP contribution in [0.3, 0.4) is 0 Å². The zero-order valence-electron chi connectivity index (χ0n) is 23.2. The van der Waals surface area contributed by atoms with Crippen LogP contribution in [0.15, 0.2) is 96.0 Å². The van der Waals surface area contributed by atoms with Gasteiger partial charge in [-0.3, -0.25) is 9.69 Å². The first-order valence-electron chi connectivity index (χ1n) is 13.5. The summed E-state index contributed by atoms with van der Waals surface area (Å²) in [5, 5.41) is 9.43. The van der Waals surface area contributed by atoms with Crippen molar-refractivity contribution in [3.05, 3.63) is 108 Å². The van der Waals surface area contributed by atoms with Crippen LogP contribution in [0.1, 0.15) is 43.4 Å². The van der Waals surface area contributed by atoms with Gasteiger partial charge in [0, 0.05) is 49.7 Å². The number of allylic oxidation sites excluding steroid dienone is 1. The van der Waals surface area contributed by atoms with Crippen molar-refractivity contribution in [1.29, 1.82) is 0 Å². The number of nitrogens with zero attached hydrogens (tertiary/aromatic N) is 2. The van der Waals surface area contributed by atoms with E-state index in [1.54, 1.807) is 0 Å². The Morgan fingerprint density at radius 3 is 2.32 bits per heavy atom. The fraction of sp³-hybridized carbons (Fsp3) is 0.375. The molecule has 1 fully saturated rings. The fourth-order valence-corrected chi connectivity index (χ4v) is 4.60. The summed E-state index contributed by atoms with van der Waals surface area (Å²) in [5.74, 6) is 1.37. The lowest BCUT2D eigenvalue weighted by atomic mass is 9.90. The fourth-order valence-electron chi connectivity index (χ4n) is 4.60. The second-order valence-electron chi connectivity index (χ2n) is 10.2. The normalized spacial score (nSPS) is 15.1. The van der Waals surface area contributed by atoms with E-state index < -0.39 is 0 Å². The van der Waals surface area contributed by atoms with Gasteiger partial charge >= 0.3 is 0 Å². The highest BCUT2D eigenvalue weighted by molar-refractivity contribution is 5.99. The van der Waals surface area contributed by atoms with Crippen LogP contribution in [-0.2, 0) is 11.2 Å². The van der Waals surface area contributed by atoms with Gasteiger partial charge in [-0.1, -0.05) is 73.3 Å². The quantitative estimate of drug-likeness (QED) is 0.202. The molecule has 0 unspecified atom stereocenters.